The summed E-state index contributed by atoms with van der Waals surface area (Å²) in [5.41, 5.74) is -1.78. The van der Waals surface area contributed by atoms with Crippen LogP contribution in [0.5, 0.6) is 5.75 Å². The highest BCUT2D eigenvalue weighted by atomic mass is 35.5. The molecule has 6 atom stereocenters. The van der Waals surface area contributed by atoms with Crippen LogP contribution < -0.4 is 4.90 Å². The number of carbonyl (C=O) groups is 4. The van der Waals surface area contributed by atoms with Gasteiger partial charge in [-0.3, -0.25) is 24.1 Å². The van der Waals surface area contributed by atoms with Crippen LogP contribution >= 0.6 is 34.8 Å². The van der Waals surface area contributed by atoms with E-state index < -0.39 is 104 Å². The molecule has 15 heteroatoms. The number of hydrogen-bond donors (Lipinski definition) is 1. The second-order valence-corrected chi connectivity index (χ2v) is 14.4. The van der Waals surface area contributed by atoms with Crippen LogP contribution in [0.3, 0.4) is 0 Å². The molecule has 2 heterocycles. The fraction of sp³-hybridized carbons (Fsp3) is 0.438. The largest absolute Gasteiger partial charge is 0.508 e. The number of aromatic hydroxyl groups is 1. The maximum absolute atomic E-state index is 15.1. The Morgan fingerprint density at radius 3 is 2.06 bits per heavy atom. The molecule has 2 saturated heterocycles. The standard InChI is InChI=1S/C32H24Cl3F5N2O5/c33-12-6-9-18(43)16(10-12)20-14-7-8-15-19(28(45)41(27(15)44)13-4-2-1-3-5-13)17(14)11-31(34)29(46)42(30(47)32(20,31)35)26-24(39)22(37)21(36)23(38)25(26)40/h6-7,9-10,13,15,17,19-20,43H,1-5,8,11H2. The lowest BCUT2D eigenvalue weighted by molar-refractivity contribution is -0.143. The van der Waals surface area contributed by atoms with E-state index in [0.717, 1.165) is 19.3 Å². The predicted octanol–water partition coefficient (Wildman–Crippen LogP) is 6.64. The third-order valence-corrected chi connectivity index (χ3v) is 12.1. The van der Waals surface area contributed by atoms with Gasteiger partial charge in [0.25, 0.3) is 11.8 Å². The van der Waals surface area contributed by atoms with Crippen LogP contribution in [0.4, 0.5) is 27.6 Å². The van der Waals surface area contributed by atoms with Crippen molar-refractivity contribution in [2.24, 2.45) is 17.8 Å². The number of carbonyl (C=O) groups excluding carboxylic acids is 4. The van der Waals surface area contributed by atoms with Gasteiger partial charge in [-0.2, -0.15) is 0 Å². The lowest BCUT2D eigenvalue weighted by Crippen LogP contribution is -2.60. The molecule has 4 fully saturated rings. The molecule has 2 aromatic carbocycles. The number of likely N-dealkylation sites (tertiary alicyclic amines) is 1. The molecule has 2 aromatic rings. The number of amides is 4. The van der Waals surface area contributed by atoms with E-state index in [0.29, 0.717) is 12.8 Å². The molecule has 47 heavy (non-hydrogen) atoms. The lowest BCUT2D eigenvalue weighted by Gasteiger charge is -2.50. The molecule has 248 valence electrons. The maximum atomic E-state index is 15.1. The summed E-state index contributed by atoms with van der Waals surface area (Å²) in [6.07, 6.45) is 4.83. The molecule has 0 aromatic heterocycles. The van der Waals surface area contributed by atoms with Gasteiger partial charge in [0.1, 0.15) is 11.4 Å². The number of alkyl halides is 2. The second-order valence-electron chi connectivity index (χ2n) is 12.7. The van der Waals surface area contributed by atoms with Crippen molar-refractivity contribution in [1.82, 2.24) is 4.90 Å². The molecular formula is C32H24Cl3F5N2O5. The molecule has 5 aliphatic rings. The SMILES string of the molecule is O=C1C2CC=C3C(CC4(Cl)C(=O)N(c5c(F)c(F)c(F)c(F)c5F)C(=O)C4(Cl)C3c3cc(Cl)ccc3O)C2C(=O)N1C1CCCCC1. The minimum atomic E-state index is -2.74. The Bertz CT molecular complexity index is 1810. The third-order valence-electron chi connectivity index (χ3n) is 10.5. The van der Waals surface area contributed by atoms with Crippen molar-refractivity contribution in [1.29, 1.82) is 0 Å². The normalized spacial score (nSPS) is 32.5. The zero-order valence-corrected chi connectivity index (χ0v) is 26.4. The zero-order chi connectivity index (χ0) is 33.9. The van der Waals surface area contributed by atoms with Gasteiger partial charge in [-0.1, -0.05) is 42.5 Å². The highest BCUT2D eigenvalue weighted by molar-refractivity contribution is 6.58. The fourth-order valence-electron chi connectivity index (χ4n) is 8.39. The van der Waals surface area contributed by atoms with Gasteiger partial charge in [0.15, 0.2) is 33.0 Å². The average molecular weight is 718 g/mol. The molecule has 0 bridgehead atoms. The summed E-state index contributed by atoms with van der Waals surface area (Å²) in [5, 5.41) is 11.1. The molecule has 2 saturated carbocycles. The van der Waals surface area contributed by atoms with Crippen molar-refractivity contribution >= 4 is 64.1 Å². The molecular weight excluding hydrogens is 694 g/mol. The Kier molecular flexibility index (Phi) is 7.50. The molecule has 1 N–H and O–H groups in total. The number of allylic oxidation sites excluding steroid dienone is 2. The number of anilines is 1. The number of benzene rings is 2. The summed E-state index contributed by atoms with van der Waals surface area (Å²) in [6.45, 7) is 0. The number of hydrogen-bond acceptors (Lipinski definition) is 5. The van der Waals surface area contributed by atoms with Crippen molar-refractivity contribution in [3.8, 4) is 5.75 Å². The molecule has 0 radical (unpaired) electrons. The lowest BCUT2D eigenvalue weighted by atomic mass is 9.56. The Morgan fingerprint density at radius 2 is 1.43 bits per heavy atom. The van der Waals surface area contributed by atoms with Crippen LogP contribution in [0.2, 0.25) is 5.02 Å². The summed E-state index contributed by atoms with van der Waals surface area (Å²) < 4.78 is 73.0. The van der Waals surface area contributed by atoms with E-state index in [1.165, 1.54) is 23.1 Å². The molecule has 3 aliphatic carbocycles. The first-order valence-corrected chi connectivity index (χ1v) is 16.1. The molecule has 6 unspecified atom stereocenters. The first-order valence-electron chi connectivity index (χ1n) is 15.0. The molecule has 7 rings (SSSR count). The van der Waals surface area contributed by atoms with Crippen LogP contribution in [-0.2, 0) is 19.2 Å². The highest BCUT2D eigenvalue weighted by Crippen LogP contribution is 2.67. The number of rotatable bonds is 3. The van der Waals surface area contributed by atoms with Gasteiger partial charge in [0, 0.05) is 22.5 Å². The maximum Gasteiger partial charge on any atom is 0.258 e. The van der Waals surface area contributed by atoms with E-state index in [2.05, 4.69) is 0 Å². The van der Waals surface area contributed by atoms with Gasteiger partial charge in [0.05, 0.1) is 11.8 Å². The van der Waals surface area contributed by atoms with E-state index in [4.69, 9.17) is 34.8 Å². The van der Waals surface area contributed by atoms with Crippen molar-refractivity contribution in [3.05, 3.63) is 69.5 Å². The monoisotopic (exact) mass is 716 g/mol. The average Bonchev–Trinajstić information content (AvgIpc) is 3.39. The third kappa shape index (κ3) is 4.16. The first-order chi connectivity index (χ1) is 22.2. The van der Waals surface area contributed by atoms with Gasteiger partial charge in [-0.25, -0.2) is 26.9 Å². The summed E-state index contributed by atoms with van der Waals surface area (Å²) in [6, 6.07) is 3.38. The van der Waals surface area contributed by atoms with Crippen LogP contribution in [-0.4, -0.2) is 49.4 Å². The number of halogens is 8. The number of phenols is 1. The van der Waals surface area contributed by atoms with Crippen LogP contribution in [0.25, 0.3) is 0 Å². The summed E-state index contributed by atoms with van der Waals surface area (Å²) in [7, 11) is 0. The quantitative estimate of drug-likeness (QED) is 0.0961. The van der Waals surface area contributed by atoms with Crippen LogP contribution in [0, 0.1) is 46.8 Å². The van der Waals surface area contributed by atoms with Crippen LogP contribution in [0.15, 0.2) is 29.8 Å². The predicted molar refractivity (Wildman–Crippen MR) is 158 cm³/mol. The number of fused-ring (bicyclic) bond motifs is 4. The Balaban J connectivity index is 1.43. The Morgan fingerprint density at radius 1 is 0.809 bits per heavy atom. The molecule has 4 amide bonds. The van der Waals surface area contributed by atoms with Crippen molar-refractivity contribution in [2.75, 3.05) is 4.90 Å². The van der Waals surface area contributed by atoms with Gasteiger partial charge in [0.2, 0.25) is 17.6 Å². The Labute approximate surface area is 279 Å². The minimum absolute atomic E-state index is 0.0217. The number of nitrogens with zero attached hydrogens (tertiary/aromatic N) is 2. The molecule has 0 spiro atoms. The first kappa shape index (κ1) is 32.3. The topological polar surface area (TPSA) is 95.0 Å². The smallest absolute Gasteiger partial charge is 0.258 e. The van der Waals surface area contributed by atoms with E-state index in [9.17, 15) is 37.5 Å². The van der Waals surface area contributed by atoms with E-state index >= 15 is 8.78 Å². The van der Waals surface area contributed by atoms with Crippen molar-refractivity contribution < 1.29 is 46.2 Å². The van der Waals surface area contributed by atoms with Crippen molar-refractivity contribution in [2.45, 2.75) is 66.7 Å². The minimum Gasteiger partial charge on any atom is -0.508 e. The Hall–Kier alpha value is -3.22. The van der Waals surface area contributed by atoms with E-state index in [1.54, 1.807) is 6.08 Å². The highest BCUT2D eigenvalue weighted by Gasteiger charge is 2.77. The van der Waals surface area contributed by atoms with Gasteiger partial charge < -0.3 is 5.11 Å². The molecule has 7 nitrogen and oxygen atoms in total. The van der Waals surface area contributed by atoms with E-state index in [-0.39, 0.29) is 33.5 Å². The van der Waals surface area contributed by atoms with Gasteiger partial charge in [-0.15, -0.1) is 23.2 Å². The summed E-state index contributed by atoms with van der Waals surface area (Å²) in [5.74, 6) is -21.5. The summed E-state index contributed by atoms with van der Waals surface area (Å²) >= 11 is 20.4. The summed E-state index contributed by atoms with van der Waals surface area (Å²) in [4.78, 5) is 51.9. The number of phenolic OH excluding ortho intramolecular Hbond substituents is 1. The fourth-order valence-corrected chi connectivity index (χ4v) is 9.50. The van der Waals surface area contributed by atoms with Gasteiger partial charge >= 0.3 is 0 Å². The molecule has 2 aliphatic heterocycles. The van der Waals surface area contributed by atoms with Crippen LogP contribution in [0.1, 0.15) is 56.4 Å². The van der Waals surface area contributed by atoms with E-state index in [1.807, 2.05) is 0 Å². The second kappa shape index (κ2) is 10.9. The zero-order valence-electron chi connectivity index (χ0n) is 24.1. The van der Waals surface area contributed by atoms with Gasteiger partial charge in [-0.05, 0) is 49.8 Å². The number of imide groups is 2. The van der Waals surface area contributed by atoms with Crippen molar-refractivity contribution in [3.63, 3.8) is 0 Å².